The van der Waals surface area contributed by atoms with Crippen LogP contribution in [0, 0.1) is 11.8 Å². The molecular weight excluding hydrogens is 925 g/mol. The number of carbonyl (C=O) groups excluding carboxylic acids is 6. The molecule has 12 N–H and O–H groups in total. The minimum atomic E-state index is -1.51. The average molecular weight is 991 g/mol. The third-order valence-electron chi connectivity index (χ3n) is 12.8. The van der Waals surface area contributed by atoms with Gasteiger partial charge in [0.1, 0.15) is 36.3 Å². The number of rotatable bonds is 28. The zero-order valence-corrected chi connectivity index (χ0v) is 40.9. The summed E-state index contributed by atoms with van der Waals surface area (Å²) in [5.41, 5.74) is 9.45. The molecule has 0 radical (unpaired) electrons. The number of carboxylic acid groups (broad SMARTS) is 2. The van der Waals surface area contributed by atoms with Crippen molar-refractivity contribution in [2.75, 3.05) is 0 Å². The summed E-state index contributed by atoms with van der Waals surface area (Å²) >= 11 is 0. The van der Waals surface area contributed by atoms with E-state index in [4.69, 9.17) is 5.73 Å². The molecule has 0 bridgehead atoms. The van der Waals surface area contributed by atoms with Crippen molar-refractivity contribution >= 4 is 58.3 Å². The molecule has 9 atom stereocenters. The maximum Gasteiger partial charge on any atom is 0.326 e. The van der Waals surface area contributed by atoms with Gasteiger partial charge in [-0.1, -0.05) is 119 Å². The van der Waals surface area contributed by atoms with Crippen LogP contribution in [0.1, 0.15) is 75.8 Å². The molecule has 0 aliphatic carbocycles. The third-order valence-corrected chi connectivity index (χ3v) is 12.8. The molecule has 3 aromatic carbocycles. The van der Waals surface area contributed by atoms with Crippen LogP contribution in [0.2, 0.25) is 0 Å². The highest BCUT2D eigenvalue weighted by atomic mass is 16.4. The van der Waals surface area contributed by atoms with Gasteiger partial charge in [-0.3, -0.25) is 33.6 Å². The number of hydrogen-bond donors (Lipinski definition) is 11. The Morgan fingerprint density at radius 3 is 1.64 bits per heavy atom. The molecule has 2 aromatic heterocycles. The van der Waals surface area contributed by atoms with Crippen molar-refractivity contribution in [1.82, 2.24) is 46.9 Å². The molecule has 6 amide bonds. The van der Waals surface area contributed by atoms with Gasteiger partial charge in [0.15, 0.2) is 0 Å². The van der Waals surface area contributed by atoms with Gasteiger partial charge in [-0.2, -0.15) is 0 Å². The number of aromatic amines is 2. The van der Waals surface area contributed by atoms with Gasteiger partial charge in [0.05, 0.1) is 12.4 Å². The second kappa shape index (κ2) is 26.9. The van der Waals surface area contributed by atoms with E-state index in [2.05, 4.69) is 46.9 Å². The van der Waals surface area contributed by atoms with Crippen molar-refractivity contribution in [3.05, 3.63) is 126 Å². The van der Waals surface area contributed by atoms with E-state index in [1.54, 1.807) is 87.6 Å². The highest BCUT2D eigenvalue weighted by molar-refractivity contribution is 5.98. The van der Waals surface area contributed by atoms with Crippen molar-refractivity contribution in [3.63, 3.8) is 0 Å². The summed E-state index contributed by atoms with van der Waals surface area (Å²) in [4.78, 5) is 119. The van der Waals surface area contributed by atoms with Crippen LogP contribution in [0.5, 0.6) is 0 Å². The van der Waals surface area contributed by atoms with Crippen molar-refractivity contribution in [2.24, 2.45) is 17.6 Å². The van der Waals surface area contributed by atoms with E-state index in [0.717, 1.165) is 10.9 Å². The lowest BCUT2D eigenvalue weighted by Crippen LogP contribution is -2.61. The van der Waals surface area contributed by atoms with E-state index in [9.17, 15) is 48.6 Å². The number of nitrogens with two attached hydrogens (primary N) is 1. The zero-order chi connectivity index (χ0) is 52.3. The minimum Gasteiger partial charge on any atom is -0.481 e. The van der Waals surface area contributed by atoms with Crippen LogP contribution in [0.3, 0.4) is 0 Å². The van der Waals surface area contributed by atoms with Crippen molar-refractivity contribution in [2.45, 2.75) is 121 Å². The molecule has 0 spiro atoms. The summed E-state index contributed by atoms with van der Waals surface area (Å²) in [5, 5.41) is 36.7. The first-order valence-corrected chi connectivity index (χ1v) is 24.1. The predicted molar refractivity (Wildman–Crippen MR) is 268 cm³/mol. The molecule has 72 heavy (non-hydrogen) atoms. The molecule has 5 rings (SSSR count). The van der Waals surface area contributed by atoms with Crippen molar-refractivity contribution in [1.29, 1.82) is 0 Å². The summed E-state index contributed by atoms with van der Waals surface area (Å²) in [7, 11) is 0. The SMILES string of the molecule is CC[C@H](C)[C@H](N)C(=O)N[C@@H](Cc1c[nH]c2ccccc12)C(=O)N[C@@H](CCC(=O)O)C(=O)N[C@H](C(=O)N[C@@H](Cc1ccccc1)C(=O)N[C@@H](Cc1cnc[nH]1)C(=O)N[C@@H](Cc1ccccc1)C(=O)O)[C@@H](C)CC. The monoisotopic (exact) mass is 990 g/mol. The number of aromatic nitrogens is 3. The maximum atomic E-state index is 14.5. The van der Waals surface area contributed by atoms with Gasteiger partial charge < -0.3 is 57.8 Å². The lowest BCUT2D eigenvalue weighted by molar-refractivity contribution is -0.142. The lowest BCUT2D eigenvalue weighted by atomic mass is 9.96. The fraction of sp³-hybridized carbons (Fsp3) is 0.404. The number of amides is 6. The Hall–Kier alpha value is -7.87. The highest BCUT2D eigenvalue weighted by Gasteiger charge is 2.36. The number of aliphatic carboxylic acids is 2. The van der Waals surface area contributed by atoms with Crippen LogP contribution in [-0.4, -0.2) is 115 Å². The topological polar surface area (TPSA) is 320 Å². The summed E-state index contributed by atoms with van der Waals surface area (Å²) in [6.45, 7) is 7.14. The Morgan fingerprint density at radius 2 is 1.07 bits per heavy atom. The van der Waals surface area contributed by atoms with Gasteiger partial charge in [0.25, 0.3) is 0 Å². The summed E-state index contributed by atoms with van der Waals surface area (Å²) < 4.78 is 0. The minimum absolute atomic E-state index is 0.0247. The third kappa shape index (κ3) is 16.1. The number of nitrogens with one attached hydrogen (secondary N) is 8. The molecule has 0 saturated heterocycles. The van der Waals surface area contributed by atoms with Crippen LogP contribution < -0.4 is 37.6 Å². The number of nitrogens with zero attached hydrogens (tertiary/aromatic N) is 1. The first-order valence-electron chi connectivity index (χ1n) is 24.1. The molecule has 0 aliphatic heterocycles. The van der Waals surface area contributed by atoms with E-state index in [1.165, 1.54) is 12.5 Å². The van der Waals surface area contributed by atoms with E-state index in [-0.39, 0.29) is 31.6 Å². The molecule has 0 saturated carbocycles. The number of hydrogen-bond acceptors (Lipinski definition) is 10. The number of imidazole rings is 1. The molecular formula is C52H66N10O10. The summed E-state index contributed by atoms with van der Waals surface area (Å²) in [6.07, 6.45) is 4.24. The molecule has 20 heteroatoms. The van der Waals surface area contributed by atoms with Crippen LogP contribution in [0.4, 0.5) is 0 Å². The van der Waals surface area contributed by atoms with E-state index in [1.807, 2.05) is 31.2 Å². The Kier molecular flexibility index (Phi) is 20.6. The molecule has 384 valence electrons. The lowest BCUT2D eigenvalue weighted by Gasteiger charge is -2.30. The zero-order valence-electron chi connectivity index (χ0n) is 40.9. The van der Waals surface area contributed by atoms with Crippen molar-refractivity contribution < 1.29 is 48.6 Å². The normalized spacial score (nSPS) is 15.0. The molecule has 0 aliphatic rings. The second-order valence-corrected chi connectivity index (χ2v) is 18.1. The molecule has 20 nitrogen and oxygen atoms in total. The fourth-order valence-electron chi connectivity index (χ4n) is 8.02. The number of fused-ring (bicyclic) bond motifs is 1. The van der Waals surface area contributed by atoms with E-state index in [0.29, 0.717) is 35.2 Å². The summed E-state index contributed by atoms with van der Waals surface area (Å²) in [6, 6.07) is 15.6. The number of benzene rings is 3. The highest BCUT2D eigenvalue weighted by Crippen LogP contribution is 2.20. The Labute approximate surface area is 417 Å². The summed E-state index contributed by atoms with van der Waals surface area (Å²) in [5.74, 6) is -8.10. The smallest absolute Gasteiger partial charge is 0.326 e. The Morgan fingerprint density at radius 1 is 0.569 bits per heavy atom. The average Bonchev–Trinajstić information content (AvgIpc) is 4.05. The molecule has 0 fully saturated rings. The van der Waals surface area contributed by atoms with Crippen LogP contribution >= 0.6 is 0 Å². The van der Waals surface area contributed by atoms with Gasteiger partial charge >= 0.3 is 11.9 Å². The second-order valence-electron chi connectivity index (χ2n) is 18.1. The Bertz CT molecular complexity index is 2610. The number of carbonyl (C=O) groups is 8. The molecule has 0 unspecified atom stereocenters. The van der Waals surface area contributed by atoms with Gasteiger partial charge in [0, 0.05) is 61.1 Å². The van der Waals surface area contributed by atoms with Crippen LogP contribution in [-0.2, 0) is 64.0 Å². The standard InChI is InChI=1S/C52H66N10O10/c1-5-30(3)44(53)50(69)59-40(25-34-27-55-37-20-14-13-19-36(34)37)48(67)57-38(21-22-43(63)64)46(65)62-45(31(4)6-2)51(70)60-39(23-32-15-9-7-10-16-32)47(66)58-41(26-35-28-54-29-56-35)49(68)61-42(52(71)72)24-33-17-11-8-12-18-33/h7-20,27-31,38-42,44-45,55H,5-6,21-26,53H2,1-4H3,(H,54,56)(H,57,67)(H,58,66)(H,59,69)(H,60,70)(H,61,68)(H,62,65)(H,63,64)(H,71,72)/t30-,31-,38-,39-,40-,41-,42-,44-,45-/m0/s1. The number of carboxylic acids is 2. The van der Waals surface area contributed by atoms with E-state index >= 15 is 0 Å². The fourth-order valence-corrected chi connectivity index (χ4v) is 8.02. The number of H-pyrrole nitrogens is 2. The molecule has 5 aromatic rings. The van der Waals surface area contributed by atoms with Gasteiger partial charge in [0.2, 0.25) is 35.4 Å². The Balaban J connectivity index is 1.39. The van der Waals surface area contributed by atoms with Crippen LogP contribution in [0.15, 0.2) is 104 Å². The van der Waals surface area contributed by atoms with E-state index < -0.39 is 108 Å². The largest absolute Gasteiger partial charge is 0.481 e. The molecule has 2 heterocycles. The van der Waals surface area contributed by atoms with Crippen LogP contribution in [0.25, 0.3) is 10.9 Å². The quantitative estimate of drug-likeness (QED) is 0.0345. The number of para-hydroxylation sites is 1. The van der Waals surface area contributed by atoms with Crippen molar-refractivity contribution in [3.8, 4) is 0 Å². The van der Waals surface area contributed by atoms with Gasteiger partial charge in [-0.25, -0.2) is 9.78 Å². The van der Waals surface area contributed by atoms with Gasteiger partial charge in [-0.15, -0.1) is 0 Å². The predicted octanol–water partition coefficient (Wildman–Crippen LogP) is 2.44. The maximum absolute atomic E-state index is 14.5. The van der Waals surface area contributed by atoms with Gasteiger partial charge in [-0.05, 0) is 41.0 Å². The first kappa shape index (κ1) is 55.1. The first-order chi connectivity index (χ1) is 34.5.